The summed E-state index contributed by atoms with van der Waals surface area (Å²) in [7, 11) is 0. The van der Waals surface area contributed by atoms with E-state index in [1.54, 1.807) is 0 Å². The molecule has 17 heavy (non-hydrogen) atoms. The van der Waals surface area contributed by atoms with Crippen molar-refractivity contribution in [1.82, 2.24) is 0 Å². The molecule has 5 atom stereocenters. The van der Waals surface area contributed by atoms with Crippen molar-refractivity contribution in [3.05, 3.63) is 12.2 Å². The van der Waals surface area contributed by atoms with Gasteiger partial charge in [-0.2, -0.15) is 0 Å². The first-order valence-corrected chi connectivity index (χ1v) is 6.70. The smallest absolute Gasteiger partial charge is 0.137 e. The molecule has 96 valence electrons. The van der Waals surface area contributed by atoms with Crippen LogP contribution in [0, 0.1) is 23.2 Å². The molecule has 0 spiro atoms. The van der Waals surface area contributed by atoms with Crippen molar-refractivity contribution in [3.63, 3.8) is 0 Å². The molecular formula is C15H24O2. The number of allylic oxidation sites excluding steroid dienone is 1. The summed E-state index contributed by atoms with van der Waals surface area (Å²) in [6.45, 7) is 10.5. The van der Waals surface area contributed by atoms with Gasteiger partial charge < -0.3 is 5.11 Å². The number of hydrogen-bond donors (Lipinski definition) is 1. The van der Waals surface area contributed by atoms with Gasteiger partial charge in [0.2, 0.25) is 0 Å². The van der Waals surface area contributed by atoms with Crippen LogP contribution in [0.25, 0.3) is 0 Å². The fourth-order valence-corrected chi connectivity index (χ4v) is 3.84. The molecule has 0 heterocycles. The normalized spacial score (nSPS) is 46.5. The molecule has 2 fully saturated rings. The standard InChI is InChI=1S/C15H24O2/c1-9(2)11-6-14(17)13-7-12(16)5-10(3)15(13,4)8-11/h10-13,16H,1,5-8H2,2-4H3/t10-,11+,12-,13+,15+/m0/s1. The van der Waals surface area contributed by atoms with Crippen molar-refractivity contribution in [2.45, 2.75) is 52.6 Å². The number of rotatable bonds is 1. The molecule has 2 nitrogen and oxygen atoms in total. The summed E-state index contributed by atoms with van der Waals surface area (Å²) in [4.78, 5) is 12.3. The molecule has 0 amide bonds. The summed E-state index contributed by atoms with van der Waals surface area (Å²) in [5.74, 6) is 1.18. The van der Waals surface area contributed by atoms with Gasteiger partial charge in [0.05, 0.1) is 6.10 Å². The molecule has 1 N–H and O–H groups in total. The molecule has 2 heteroatoms. The highest BCUT2D eigenvalue weighted by Gasteiger charge is 2.51. The highest BCUT2D eigenvalue weighted by atomic mass is 16.3. The summed E-state index contributed by atoms with van der Waals surface area (Å²) in [5, 5.41) is 9.86. The average molecular weight is 236 g/mol. The Morgan fingerprint density at radius 1 is 1.47 bits per heavy atom. The van der Waals surface area contributed by atoms with E-state index in [1.807, 2.05) is 6.92 Å². The quantitative estimate of drug-likeness (QED) is 0.711. The maximum absolute atomic E-state index is 12.3. The number of ketones is 1. The zero-order valence-corrected chi connectivity index (χ0v) is 11.2. The minimum Gasteiger partial charge on any atom is -0.393 e. The summed E-state index contributed by atoms with van der Waals surface area (Å²) in [6, 6.07) is 0. The Morgan fingerprint density at radius 2 is 2.12 bits per heavy atom. The molecule has 2 aliphatic carbocycles. The van der Waals surface area contributed by atoms with Crippen LogP contribution in [0.1, 0.15) is 46.5 Å². The lowest BCUT2D eigenvalue weighted by molar-refractivity contribution is -0.142. The van der Waals surface area contributed by atoms with Gasteiger partial charge in [0.25, 0.3) is 0 Å². The Balaban J connectivity index is 2.28. The zero-order valence-electron chi connectivity index (χ0n) is 11.2. The summed E-state index contributed by atoms with van der Waals surface area (Å²) in [6.07, 6.45) is 2.92. The summed E-state index contributed by atoms with van der Waals surface area (Å²) >= 11 is 0. The number of aliphatic hydroxyl groups is 1. The number of carbonyl (C=O) groups excluding carboxylic acids is 1. The molecule has 0 aromatic carbocycles. The third-order valence-electron chi connectivity index (χ3n) is 5.27. The van der Waals surface area contributed by atoms with Crippen LogP contribution in [0.3, 0.4) is 0 Å². The average Bonchev–Trinajstić information content (AvgIpc) is 2.21. The molecule has 2 aliphatic rings. The highest BCUT2D eigenvalue weighted by Crippen LogP contribution is 2.54. The van der Waals surface area contributed by atoms with Crippen LogP contribution in [-0.4, -0.2) is 17.0 Å². The highest BCUT2D eigenvalue weighted by molar-refractivity contribution is 5.83. The number of carbonyl (C=O) groups is 1. The van der Waals surface area contributed by atoms with Crippen LogP contribution in [-0.2, 0) is 4.79 Å². The SMILES string of the molecule is C=C(C)[C@@H]1CC(=O)[C@H]2C[C@@H](O)C[C@H](C)[C@@]2(C)C1. The van der Waals surface area contributed by atoms with E-state index in [2.05, 4.69) is 20.4 Å². The number of fused-ring (bicyclic) bond motifs is 1. The maximum Gasteiger partial charge on any atom is 0.137 e. The van der Waals surface area contributed by atoms with Gasteiger partial charge in [0.15, 0.2) is 0 Å². The second kappa shape index (κ2) is 4.24. The van der Waals surface area contributed by atoms with Gasteiger partial charge in [-0.1, -0.05) is 26.0 Å². The van der Waals surface area contributed by atoms with Gasteiger partial charge in [-0.25, -0.2) is 0 Å². The van der Waals surface area contributed by atoms with E-state index >= 15 is 0 Å². The minimum absolute atomic E-state index is 0.0665. The van der Waals surface area contributed by atoms with Crippen molar-refractivity contribution in [3.8, 4) is 0 Å². The monoisotopic (exact) mass is 236 g/mol. The molecule has 0 radical (unpaired) electrons. The Bertz CT molecular complexity index is 347. The first-order valence-electron chi connectivity index (χ1n) is 6.70. The van der Waals surface area contributed by atoms with Crippen molar-refractivity contribution in [1.29, 1.82) is 0 Å². The molecular weight excluding hydrogens is 212 g/mol. The van der Waals surface area contributed by atoms with Crippen LogP contribution in [0.4, 0.5) is 0 Å². The van der Waals surface area contributed by atoms with Gasteiger partial charge in [-0.05, 0) is 43.4 Å². The van der Waals surface area contributed by atoms with E-state index in [4.69, 9.17) is 0 Å². The number of hydrogen-bond acceptors (Lipinski definition) is 2. The van der Waals surface area contributed by atoms with E-state index in [0.717, 1.165) is 18.4 Å². The van der Waals surface area contributed by atoms with Crippen molar-refractivity contribution >= 4 is 5.78 Å². The first kappa shape index (κ1) is 12.8. The predicted octanol–water partition coefficient (Wildman–Crippen LogP) is 2.95. The second-order valence-corrected chi connectivity index (χ2v) is 6.50. The lowest BCUT2D eigenvalue weighted by Gasteiger charge is -2.52. The summed E-state index contributed by atoms with van der Waals surface area (Å²) < 4.78 is 0. The van der Waals surface area contributed by atoms with Crippen LogP contribution in [0.15, 0.2) is 12.2 Å². The molecule has 0 aliphatic heterocycles. The van der Waals surface area contributed by atoms with Crippen LogP contribution in [0.2, 0.25) is 0 Å². The predicted molar refractivity (Wildman–Crippen MR) is 68.5 cm³/mol. The van der Waals surface area contributed by atoms with Gasteiger partial charge in [0.1, 0.15) is 5.78 Å². The van der Waals surface area contributed by atoms with Crippen molar-refractivity contribution < 1.29 is 9.90 Å². The molecule has 2 rings (SSSR count). The maximum atomic E-state index is 12.3. The van der Waals surface area contributed by atoms with Crippen LogP contribution >= 0.6 is 0 Å². The lowest BCUT2D eigenvalue weighted by Crippen LogP contribution is -2.50. The largest absolute Gasteiger partial charge is 0.393 e. The third-order valence-corrected chi connectivity index (χ3v) is 5.27. The Kier molecular flexibility index (Phi) is 3.19. The van der Waals surface area contributed by atoms with E-state index in [1.165, 1.54) is 0 Å². The van der Waals surface area contributed by atoms with Gasteiger partial charge >= 0.3 is 0 Å². The Labute approximate surface area is 104 Å². The zero-order chi connectivity index (χ0) is 12.8. The van der Waals surface area contributed by atoms with Gasteiger partial charge in [-0.3, -0.25) is 4.79 Å². The topological polar surface area (TPSA) is 37.3 Å². The lowest BCUT2D eigenvalue weighted by atomic mass is 9.52. The number of aliphatic hydroxyl groups excluding tert-OH is 1. The molecule has 0 aromatic rings. The molecule has 2 saturated carbocycles. The molecule has 0 bridgehead atoms. The van der Waals surface area contributed by atoms with E-state index < -0.39 is 0 Å². The third kappa shape index (κ3) is 2.08. The Hall–Kier alpha value is -0.630. The van der Waals surface area contributed by atoms with Gasteiger partial charge in [0, 0.05) is 12.3 Å². The fraction of sp³-hybridized carbons (Fsp3) is 0.800. The van der Waals surface area contributed by atoms with Crippen molar-refractivity contribution in [2.24, 2.45) is 23.2 Å². The summed E-state index contributed by atoms with van der Waals surface area (Å²) in [5.41, 5.74) is 1.20. The second-order valence-electron chi connectivity index (χ2n) is 6.50. The van der Waals surface area contributed by atoms with E-state index in [-0.39, 0.29) is 17.4 Å². The Morgan fingerprint density at radius 3 is 2.71 bits per heavy atom. The van der Waals surface area contributed by atoms with E-state index in [0.29, 0.717) is 30.5 Å². The number of Topliss-reactive ketones (excluding diaryl/α,β-unsaturated/α-hetero) is 1. The van der Waals surface area contributed by atoms with Crippen molar-refractivity contribution in [2.75, 3.05) is 0 Å². The first-order chi connectivity index (χ1) is 7.84. The van der Waals surface area contributed by atoms with E-state index in [9.17, 15) is 9.90 Å². The van der Waals surface area contributed by atoms with Crippen LogP contribution in [0.5, 0.6) is 0 Å². The minimum atomic E-state index is -0.284. The fourth-order valence-electron chi connectivity index (χ4n) is 3.84. The van der Waals surface area contributed by atoms with Crippen LogP contribution < -0.4 is 0 Å². The molecule has 0 saturated heterocycles. The molecule has 0 unspecified atom stereocenters. The van der Waals surface area contributed by atoms with Gasteiger partial charge in [-0.15, -0.1) is 0 Å². The molecule has 0 aromatic heterocycles.